The number of carbonyl (C=O) groups excluding carboxylic acids is 2. The first kappa shape index (κ1) is 22.3. The number of carbonyl (C=O) groups is 2. The maximum absolute atomic E-state index is 14.6. The molecule has 2 saturated heterocycles. The fourth-order valence-electron chi connectivity index (χ4n) is 3.52. The molecule has 2 aliphatic heterocycles. The average Bonchev–Trinajstić information content (AvgIpc) is 3.05. The van der Waals surface area contributed by atoms with Crippen molar-refractivity contribution in [2.45, 2.75) is 25.9 Å². The molecule has 0 saturated carbocycles. The van der Waals surface area contributed by atoms with Gasteiger partial charge in [0, 0.05) is 59.4 Å². The number of rotatable bonds is 8. The van der Waals surface area contributed by atoms with Crippen molar-refractivity contribution in [3.05, 3.63) is 23.8 Å². The second-order valence-corrected chi connectivity index (χ2v) is 9.00. The minimum Gasteiger partial charge on any atom is -0.453 e. The lowest BCUT2D eigenvalue weighted by atomic mass is 9.88. The molecule has 0 bridgehead atoms. The van der Waals surface area contributed by atoms with Crippen LogP contribution >= 0.6 is 0 Å². The molecule has 2 amide bonds. The molecule has 0 spiro atoms. The summed E-state index contributed by atoms with van der Waals surface area (Å²) in [6.07, 6.45) is -0.732. The highest BCUT2D eigenvalue weighted by atomic mass is 32.2. The van der Waals surface area contributed by atoms with Gasteiger partial charge in [-0.1, -0.05) is 6.92 Å². The molecule has 166 valence electrons. The molecule has 3 rings (SSSR count). The average molecular weight is 445 g/mol. The SMILES string of the molecule is CCC1(CNc2c(F)cc(N3C[C@H](CCNC(=O)OC)OC3=O)cc2F)CS(=O)C1. The zero-order valence-electron chi connectivity index (χ0n) is 16.8. The van der Waals surface area contributed by atoms with Crippen molar-refractivity contribution in [2.24, 2.45) is 5.41 Å². The van der Waals surface area contributed by atoms with Gasteiger partial charge in [-0.15, -0.1) is 0 Å². The molecule has 0 unspecified atom stereocenters. The van der Waals surface area contributed by atoms with Gasteiger partial charge in [0.05, 0.1) is 19.3 Å². The lowest BCUT2D eigenvalue weighted by Crippen LogP contribution is -2.49. The molecule has 30 heavy (non-hydrogen) atoms. The summed E-state index contributed by atoms with van der Waals surface area (Å²) in [6.45, 7) is 2.62. The van der Waals surface area contributed by atoms with Crippen molar-refractivity contribution in [1.29, 1.82) is 0 Å². The minimum absolute atomic E-state index is 0.0546. The number of nitrogens with one attached hydrogen (secondary N) is 2. The van der Waals surface area contributed by atoms with E-state index in [0.717, 1.165) is 23.5 Å². The zero-order chi connectivity index (χ0) is 21.9. The summed E-state index contributed by atoms with van der Waals surface area (Å²) < 4.78 is 50.3. The monoisotopic (exact) mass is 445 g/mol. The molecule has 2 fully saturated rings. The molecule has 11 heteroatoms. The third-order valence-electron chi connectivity index (χ3n) is 5.46. The standard InChI is InChI=1S/C19H25F2N3O5S/c1-3-19(10-30(27)11-19)9-23-16-14(20)6-12(7-15(16)21)24-8-13(29-18(24)26)4-5-22-17(25)28-2/h6-7,13,23H,3-5,8-11H2,1-2H3,(H,22,25)/t13-,19?,30?/m0/s1. The van der Waals surface area contributed by atoms with E-state index >= 15 is 0 Å². The van der Waals surface area contributed by atoms with Crippen LogP contribution in [0.2, 0.25) is 0 Å². The lowest BCUT2D eigenvalue weighted by Gasteiger charge is -2.40. The Balaban J connectivity index is 1.62. The Bertz CT molecular complexity index is 822. The summed E-state index contributed by atoms with van der Waals surface area (Å²) in [5.74, 6) is -0.603. The van der Waals surface area contributed by atoms with Gasteiger partial charge in [0.15, 0.2) is 11.6 Å². The van der Waals surface area contributed by atoms with Crippen LogP contribution in [0.25, 0.3) is 0 Å². The summed E-state index contributed by atoms with van der Waals surface area (Å²) in [5, 5.41) is 5.29. The third kappa shape index (κ3) is 4.82. The summed E-state index contributed by atoms with van der Waals surface area (Å²) >= 11 is 0. The first-order chi connectivity index (χ1) is 14.3. The Morgan fingerprint density at radius 1 is 1.37 bits per heavy atom. The number of benzene rings is 1. The summed E-state index contributed by atoms with van der Waals surface area (Å²) in [4.78, 5) is 24.3. The molecule has 1 atom stereocenters. The molecular formula is C19H25F2N3O5S. The highest BCUT2D eigenvalue weighted by Gasteiger charge is 2.41. The van der Waals surface area contributed by atoms with Crippen LogP contribution in [-0.4, -0.2) is 60.7 Å². The second-order valence-electron chi connectivity index (χ2n) is 7.54. The predicted molar refractivity (Wildman–Crippen MR) is 108 cm³/mol. The number of anilines is 2. The van der Waals surface area contributed by atoms with Crippen LogP contribution in [0.3, 0.4) is 0 Å². The Morgan fingerprint density at radius 2 is 2.03 bits per heavy atom. The highest BCUT2D eigenvalue weighted by molar-refractivity contribution is 7.86. The number of methoxy groups -OCH3 is 1. The van der Waals surface area contributed by atoms with E-state index in [2.05, 4.69) is 15.4 Å². The molecule has 2 aliphatic rings. The quantitative estimate of drug-likeness (QED) is 0.639. The number of nitrogens with zero attached hydrogens (tertiary/aromatic N) is 1. The van der Waals surface area contributed by atoms with Crippen LogP contribution in [0.1, 0.15) is 19.8 Å². The Morgan fingerprint density at radius 3 is 2.60 bits per heavy atom. The molecule has 1 aromatic carbocycles. The first-order valence-electron chi connectivity index (χ1n) is 9.65. The van der Waals surface area contributed by atoms with Crippen molar-refractivity contribution < 1.29 is 32.1 Å². The molecular weight excluding hydrogens is 420 g/mol. The second kappa shape index (κ2) is 9.15. The van der Waals surface area contributed by atoms with Crippen LogP contribution in [-0.2, 0) is 20.3 Å². The van der Waals surface area contributed by atoms with Gasteiger partial charge in [-0.2, -0.15) is 0 Å². The van der Waals surface area contributed by atoms with Crippen LogP contribution in [0.5, 0.6) is 0 Å². The van der Waals surface area contributed by atoms with E-state index in [0.29, 0.717) is 24.5 Å². The zero-order valence-corrected chi connectivity index (χ0v) is 17.7. The van der Waals surface area contributed by atoms with Crippen molar-refractivity contribution in [2.75, 3.05) is 48.5 Å². The van der Waals surface area contributed by atoms with Crippen LogP contribution in [0.15, 0.2) is 12.1 Å². The molecule has 2 heterocycles. The van der Waals surface area contributed by atoms with Crippen molar-refractivity contribution in [3.8, 4) is 0 Å². The van der Waals surface area contributed by atoms with Gasteiger partial charge in [0.25, 0.3) is 0 Å². The highest BCUT2D eigenvalue weighted by Crippen LogP contribution is 2.35. The van der Waals surface area contributed by atoms with E-state index < -0.39 is 40.7 Å². The fraction of sp³-hybridized carbons (Fsp3) is 0.579. The normalized spacial score (nSPS) is 25.5. The number of halogens is 2. The first-order valence-corrected chi connectivity index (χ1v) is 11.1. The predicted octanol–water partition coefficient (Wildman–Crippen LogP) is 2.61. The van der Waals surface area contributed by atoms with Crippen molar-refractivity contribution in [1.82, 2.24) is 5.32 Å². The Hall–Kier alpha value is -2.43. The van der Waals surface area contributed by atoms with E-state index in [1.807, 2.05) is 6.92 Å². The summed E-state index contributed by atoms with van der Waals surface area (Å²) in [7, 11) is 0.375. The van der Waals surface area contributed by atoms with Gasteiger partial charge >= 0.3 is 12.2 Å². The van der Waals surface area contributed by atoms with Gasteiger partial charge in [-0.25, -0.2) is 18.4 Å². The smallest absolute Gasteiger partial charge is 0.414 e. The molecule has 2 N–H and O–H groups in total. The fourth-order valence-corrected chi connectivity index (χ4v) is 5.42. The van der Waals surface area contributed by atoms with E-state index in [-0.39, 0.29) is 29.9 Å². The number of alkyl carbamates (subject to hydrolysis) is 1. The van der Waals surface area contributed by atoms with E-state index in [1.54, 1.807) is 0 Å². The molecule has 1 aromatic rings. The van der Waals surface area contributed by atoms with Crippen LogP contribution in [0.4, 0.5) is 29.7 Å². The summed E-state index contributed by atoms with van der Waals surface area (Å²) in [5.41, 5.74) is -0.429. The number of hydrogen-bond acceptors (Lipinski definition) is 6. The minimum atomic E-state index is -0.864. The molecule has 8 nitrogen and oxygen atoms in total. The van der Waals surface area contributed by atoms with Crippen molar-refractivity contribution in [3.63, 3.8) is 0 Å². The van der Waals surface area contributed by atoms with Gasteiger partial charge < -0.3 is 20.1 Å². The largest absolute Gasteiger partial charge is 0.453 e. The maximum atomic E-state index is 14.6. The van der Waals surface area contributed by atoms with Gasteiger partial charge in [0.2, 0.25) is 0 Å². The number of ether oxygens (including phenoxy) is 2. The Labute approximate surface area is 175 Å². The topological polar surface area (TPSA) is 97.0 Å². The van der Waals surface area contributed by atoms with Crippen LogP contribution in [0, 0.1) is 17.0 Å². The van der Waals surface area contributed by atoms with E-state index in [9.17, 15) is 22.6 Å². The third-order valence-corrected chi connectivity index (χ3v) is 7.33. The molecule has 0 radical (unpaired) electrons. The summed E-state index contributed by atoms with van der Waals surface area (Å²) in [6, 6.07) is 2.17. The van der Waals surface area contributed by atoms with Gasteiger partial charge in [-0.05, 0) is 6.42 Å². The number of hydrogen-bond donors (Lipinski definition) is 2. The van der Waals surface area contributed by atoms with E-state index in [1.165, 1.54) is 7.11 Å². The van der Waals surface area contributed by atoms with Crippen molar-refractivity contribution >= 4 is 34.4 Å². The molecule has 0 aromatic heterocycles. The Kier molecular flexibility index (Phi) is 6.79. The van der Waals surface area contributed by atoms with Gasteiger partial charge in [0.1, 0.15) is 11.8 Å². The number of cyclic esters (lactones) is 1. The van der Waals surface area contributed by atoms with E-state index in [4.69, 9.17) is 4.74 Å². The number of amides is 2. The van der Waals surface area contributed by atoms with Crippen LogP contribution < -0.4 is 15.5 Å². The maximum Gasteiger partial charge on any atom is 0.414 e. The lowest BCUT2D eigenvalue weighted by molar-refractivity contribution is 0.135. The molecule has 0 aliphatic carbocycles. The van der Waals surface area contributed by atoms with Gasteiger partial charge in [-0.3, -0.25) is 9.11 Å².